The zero-order chi connectivity index (χ0) is 17.6. The molecule has 2 aromatic carbocycles. The van der Waals surface area contributed by atoms with Crippen molar-refractivity contribution in [2.24, 2.45) is 0 Å². The van der Waals surface area contributed by atoms with Gasteiger partial charge in [0.05, 0.1) is 23.2 Å². The van der Waals surface area contributed by atoms with Crippen LogP contribution in [0.1, 0.15) is 11.9 Å². The van der Waals surface area contributed by atoms with Crippen molar-refractivity contribution in [3.8, 4) is 11.1 Å². The molecule has 128 valence electrons. The van der Waals surface area contributed by atoms with E-state index in [-0.39, 0.29) is 24.8 Å². The molecule has 0 saturated carbocycles. The molecule has 0 atom stereocenters. The van der Waals surface area contributed by atoms with Crippen molar-refractivity contribution < 1.29 is 9.59 Å². The second kappa shape index (κ2) is 7.90. The van der Waals surface area contributed by atoms with Crippen molar-refractivity contribution in [3.05, 3.63) is 53.5 Å². The Morgan fingerprint density at radius 1 is 1.00 bits per heavy atom. The molecular formula is C19H19N3O2S. The first-order valence-electron chi connectivity index (χ1n) is 8.14. The lowest BCUT2D eigenvalue weighted by Crippen LogP contribution is -2.37. The zero-order valence-electron chi connectivity index (χ0n) is 13.9. The zero-order valence-corrected chi connectivity index (χ0v) is 14.7. The summed E-state index contributed by atoms with van der Waals surface area (Å²) in [6, 6.07) is 16.3. The predicted molar refractivity (Wildman–Crippen MR) is 100 cm³/mol. The molecule has 25 heavy (non-hydrogen) atoms. The number of amides is 2. The minimum atomic E-state index is -0.200. The van der Waals surface area contributed by atoms with Gasteiger partial charge in [0.15, 0.2) is 0 Å². The number of nitrogens with one attached hydrogen (secondary N) is 2. The summed E-state index contributed by atoms with van der Waals surface area (Å²) in [6.45, 7) is 2.39. The number of carbonyl (C=O) groups is 2. The third-order valence-electron chi connectivity index (χ3n) is 3.67. The van der Waals surface area contributed by atoms with E-state index in [1.807, 2.05) is 37.3 Å². The number of nitrogens with zero attached hydrogens (tertiary/aromatic N) is 1. The van der Waals surface area contributed by atoms with Crippen molar-refractivity contribution in [3.63, 3.8) is 0 Å². The van der Waals surface area contributed by atoms with Crippen LogP contribution in [-0.2, 0) is 16.0 Å². The molecule has 0 aliphatic rings. The topological polar surface area (TPSA) is 71.1 Å². The smallest absolute Gasteiger partial charge is 0.239 e. The summed E-state index contributed by atoms with van der Waals surface area (Å²) in [4.78, 5) is 27.8. The molecule has 1 heterocycles. The lowest BCUT2D eigenvalue weighted by Gasteiger charge is -2.03. The summed E-state index contributed by atoms with van der Waals surface area (Å²) in [5.41, 5.74) is 3.17. The van der Waals surface area contributed by atoms with E-state index in [4.69, 9.17) is 0 Å². The van der Waals surface area contributed by atoms with Crippen LogP contribution in [-0.4, -0.2) is 29.9 Å². The highest BCUT2D eigenvalue weighted by atomic mass is 32.1. The number of carbonyl (C=O) groups excluding carboxylic acids is 2. The van der Waals surface area contributed by atoms with Gasteiger partial charge < -0.3 is 10.6 Å². The fraction of sp³-hybridized carbons (Fsp3) is 0.211. The first-order valence-corrected chi connectivity index (χ1v) is 8.95. The van der Waals surface area contributed by atoms with Gasteiger partial charge in [-0.25, -0.2) is 4.98 Å². The maximum Gasteiger partial charge on any atom is 0.239 e. The first-order chi connectivity index (χ1) is 12.2. The van der Waals surface area contributed by atoms with E-state index in [2.05, 4.69) is 33.8 Å². The van der Waals surface area contributed by atoms with Crippen LogP contribution in [0.5, 0.6) is 0 Å². The third kappa shape index (κ3) is 4.42. The Morgan fingerprint density at radius 2 is 1.80 bits per heavy atom. The summed E-state index contributed by atoms with van der Waals surface area (Å²) in [5, 5.41) is 6.00. The van der Waals surface area contributed by atoms with E-state index in [9.17, 15) is 9.59 Å². The molecule has 0 unspecified atom stereocenters. The summed E-state index contributed by atoms with van der Waals surface area (Å²) in [7, 11) is 0. The van der Waals surface area contributed by atoms with Gasteiger partial charge >= 0.3 is 0 Å². The van der Waals surface area contributed by atoms with Gasteiger partial charge in [0.1, 0.15) is 5.01 Å². The molecule has 2 N–H and O–H groups in total. The largest absolute Gasteiger partial charge is 0.355 e. The molecule has 3 rings (SSSR count). The molecule has 0 aliphatic carbocycles. The van der Waals surface area contributed by atoms with E-state index >= 15 is 0 Å². The Balaban J connectivity index is 1.69. The van der Waals surface area contributed by atoms with Crippen molar-refractivity contribution in [1.82, 2.24) is 15.6 Å². The van der Waals surface area contributed by atoms with Crippen molar-refractivity contribution in [1.29, 1.82) is 0 Å². The second-order valence-corrected chi connectivity index (χ2v) is 6.68. The molecular weight excluding hydrogens is 334 g/mol. The van der Waals surface area contributed by atoms with E-state index in [1.54, 1.807) is 0 Å². The molecule has 0 spiro atoms. The lowest BCUT2D eigenvalue weighted by molar-refractivity contribution is -0.125. The Labute approximate surface area is 150 Å². The highest BCUT2D eigenvalue weighted by Crippen LogP contribution is 2.28. The van der Waals surface area contributed by atoms with Gasteiger partial charge in [0, 0.05) is 6.54 Å². The summed E-state index contributed by atoms with van der Waals surface area (Å²) in [6.07, 6.45) is 0.180. The van der Waals surface area contributed by atoms with Crippen LogP contribution < -0.4 is 10.6 Å². The number of rotatable bonds is 6. The highest BCUT2D eigenvalue weighted by Gasteiger charge is 2.11. The Hall–Kier alpha value is -2.73. The van der Waals surface area contributed by atoms with E-state index < -0.39 is 0 Å². The number of fused-ring (bicyclic) bond motifs is 1. The van der Waals surface area contributed by atoms with Crippen molar-refractivity contribution in [2.45, 2.75) is 13.3 Å². The molecule has 0 aliphatic heterocycles. The Kier molecular flexibility index (Phi) is 5.40. The molecule has 0 radical (unpaired) electrons. The van der Waals surface area contributed by atoms with Gasteiger partial charge in [-0.3, -0.25) is 9.59 Å². The maximum atomic E-state index is 12.0. The van der Waals surface area contributed by atoms with Gasteiger partial charge in [0.25, 0.3) is 0 Å². The van der Waals surface area contributed by atoms with Gasteiger partial charge in [-0.15, -0.1) is 11.3 Å². The molecule has 3 aromatic rings. The molecule has 0 saturated heterocycles. The second-order valence-electron chi connectivity index (χ2n) is 5.56. The summed E-state index contributed by atoms with van der Waals surface area (Å²) >= 11 is 1.51. The maximum absolute atomic E-state index is 12.0. The summed E-state index contributed by atoms with van der Waals surface area (Å²) in [5.74, 6) is -0.388. The number of thiazole rings is 1. The van der Waals surface area contributed by atoms with Crippen LogP contribution in [0.25, 0.3) is 21.3 Å². The molecule has 2 amide bonds. The fourth-order valence-corrected chi connectivity index (χ4v) is 3.50. The van der Waals surface area contributed by atoms with Crippen LogP contribution in [0.3, 0.4) is 0 Å². The summed E-state index contributed by atoms with van der Waals surface area (Å²) < 4.78 is 1.05. The Morgan fingerprint density at radius 3 is 2.56 bits per heavy atom. The molecule has 6 heteroatoms. The lowest BCUT2D eigenvalue weighted by atomic mass is 10.1. The fourth-order valence-electron chi connectivity index (χ4n) is 2.50. The van der Waals surface area contributed by atoms with Crippen LogP contribution in [0.4, 0.5) is 0 Å². The number of likely N-dealkylation sites (N-methyl/N-ethyl adjacent to an activating group) is 1. The van der Waals surface area contributed by atoms with E-state index in [0.29, 0.717) is 6.54 Å². The third-order valence-corrected chi connectivity index (χ3v) is 4.69. The molecule has 1 aromatic heterocycles. The highest BCUT2D eigenvalue weighted by molar-refractivity contribution is 7.18. The van der Waals surface area contributed by atoms with Gasteiger partial charge in [-0.05, 0) is 30.2 Å². The number of aromatic nitrogens is 1. The molecule has 0 fully saturated rings. The monoisotopic (exact) mass is 353 g/mol. The van der Waals surface area contributed by atoms with E-state index in [1.165, 1.54) is 11.3 Å². The van der Waals surface area contributed by atoms with Crippen LogP contribution in [0.2, 0.25) is 0 Å². The molecule has 0 bridgehead atoms. The van der Waals surface area contributed by atoms with Crippen molar-refractivity contribution in [2.75, 3.05) is 13.1 Å². The van der Waals surface area contributed by atoms with Crippen LogP contribution >= 0.6 is 11.3 Å². The van der Waals surface area contributed by atoms with Gasteiger partial charge in [0.2, 0.25) is 11.8 Å². The van der Waals surface area contributed by atoms with Crippen LogP contribution in [0.15, 0.2) is 48.5 Å². The number of hydrogen-bond acceptors (Lipinski definition) is 4. The number of benzene rings is 2. The van der Waals surface area contributed by atoms with E-state index in [0.717, 1.165) is 26.4 Å². The predicted octanol–water partition coefficient (Wildman–Crippen LogP) is 2.76. The average molecular weight is 353 g/mol. The minimum Gasteiger partial charge on any atom is -0.355 e. The quantitative estimate of drug-likeness (QED) is 0.716. The van der Waals surface area contributed by atoms with Crippen molar-refractivity contribution >= 4 is 33.4 Å². The Bertz CT molecular complexity index is 890. The average Bonchev–Trinajstić information content (AvgIpc) is 3.02. The minimum absolute atomic E-state index is 0.00424. The first kappa shape index (κ1) is 17.1. The normalized spacial score (nSPS) is 10.6. The van der Waals surface area contributed by atoms with Crippen LogP contribution in [0, 0.1) is 0 Å². The molecule has 5 nitrogen and oxygen atoms in total. The van der Waals surface area contributed by atoms with Gasteiger partial charge in [-0.2, -0.15) is 0 Å². The van der Waals surface area contributed by atoms with Gasteiger partial charge in [-0.1, -0.05) is 36.4 Å². The standard InChI is InChI=1S/C19H19N3O2S/c1-2-20-18(24)12-21-17(23)11-19-22-15-9-8-14(10-16(15)25-19)13-6-4-3-5-7-13/h3-10H,2,11-12H2,1H3,(H,20,24)(H,21,23). The SMILES string of the molecule is CCNC(=O)CNC(=O)Cc1nc2ccc(-c3ccccc3)cc2s1. The number of hydrogen-bond donors (Lipinski definition) is 2.